The molecule has 0 spiro atoms. The van der Waals surface area contributed by atoms with Crippen LogP contribution in [0.5, 0.6) is 23.0 Å². The molecule has 0 atom stereocenters. The Balaban J connectivity index is 2.04. The average molecular weight is 684 g/mol. The van der Waals surface area contributed by atoms with Gasteiger partial charge in [0.15, 0.2) is 23.0 Å². The van der Waals surface area contributed by atoms with E-state index in [1.54, 1.807) is 0 Å². The molecule has 0 saturated heterocycles. The maximum Gasteiger partial charge on any atom is 0.329 e. The third kappa shape index (κ3) is 11.4. The summed E-state index contributed by atoms with van der Waals surface area (Å²) in [7, 11) is 0. The number of hydrogen-bond acceptors (Lipinski definition) is 7. The molecular weight excluding hydrogens is 631 g/mol. The molecule has 46 heavy (non-hydrogen) atoms. The van der Waals surface area contributed by atoms with E-state index in [0.717, 1.165) is 47.9 Å². The fourth-order valence-corrected chi connectivity index (χ4v) is 5.70. The van der Waals surface area contributed by atoms with E-state index in [4.69, 9.17) is 51.6 Å². The molecule has 2 aromatic carbocycles. The van der Waals surface area contributed by atoms with Crippen LogP contribution in [0.1, 0.15) is 96.4 Å². The van der Waals surface area contributed by atoms with Crippen molar-refractivity contribution in [3.63, 3.8) is 0 Å². The summed E-state index contributed by atoms with van der Waals surface area (Å²) < 4.78 is 37.4. The molecule has 3 rings (SSSR count). The monoisotopic (exact) mass is 682 g/mol. The molecule has 0 radical (unpaired) electrons. The zero-order chi connectivity index (χ0) is 33.9. The first-order valence-corrected chi connectivity index (χ1v) is 17.3. The minimum absolute atomic E-state index is 0.0101. The van der Waals surface area contributed by atoms with E-state index in [1.165, 1.54) is 0 Å². The number of ether oxygens (including phenoxy) is 6. The number of unbranched alkanes of at least 4 members (excludes halogenated alkanes) is 3. The number of rotatable bonds is 11. The Morgan fingerprint density at radius 3 is 1.50 bits per heavy atom. The van der Waals surface area contributed by atoms with Gasteiger partial charge in [0.25, 0.3) is 0 Å². The van der Waals surface area contributed by atoms with Gasteiger partial charge in [0.05, 0.1) is 0 Å². The Labute approximate surface area is 284 Å². The lowest BCUT2D eigenvalue weighted by Gasteiger charge is -2.28. The summed E-state index contributed by atoms with van der Waals surface area (Å²) in [5.74, 6) is 1.52. The average Bonchev–Trinajstić information content (AvgIpc) is 2.99. The minimum atomic E-state index is -1.09. The third-order valence-electron chi connectivity index (χ3n) is 7.74. The highest BCUT2D eigenvalue weighted by Gasteiger charge is 2.26. The van der Waals surface area contributed by atoms with Crippen molar-refractivity contribution in [3.05, 3.63) is 46.5 Å². The van der Waals surface area contributed by atoms with E-state index in [-0.39, 0.29) is 43.4 Å². The Morgan fingerprint density at radius 1 is 0.717 bits per heavy atom. The van der Waals surface area contributed by atoms with Crippen LogP contribution in [0.2, 0.25) is 0 Å². The van der Waals surface area contributed by atoms with Gasteiger partial charge >= 0.3 is 5.97 Å². The summed E-state index contributed by atoms with van der Waals surface area (Å²) in [6.07, 6.45) is 3.24. The van der Waals surface area contributed by atoms with E-state index in [9.17, 15) is 9.90 Å². The van der Waals surface area contributed by atoms with Crippen LogP contribution in [-0.4, -0.2) is 62.9 Å². The maximum absolute atomic E-state index is 11.4. The number of halogens is 2. The molecule has 0 amide bonds. The number of carbonyl (C=O) groups is 1. The van der Waals surface area contributed by atoms with Gasteiger partial charge in [0, 0.05) is 18.4 Å². The van der Waals surface area contributed by atoms with Gasteiger partial charge in [-0.15, -0.1) is 23.2 Å². The van der Waals surface area contributed by atoms with Crippen molar-refractivity contribution in [1.29, 1.82) is 0 Å². The van der Waals surface area contributed by atoms with Crippen LogP contribution < -0.4 is 18.9 Å². The second-order valence-electron chi connectivity index (χ2n) is 13.8. The van der Waals surface area contributed by atoms with Gasteiger partial charge in [0.1, 0.15) is 45.2 Å². The van der Waals surface area contributed by atoms with Crippen LogP contribution in [0, 0.1) is 0 Å². The number of benzene rings is 2. The Kier molecular flexibility index (Phi) is 14.6. The standard InChI is InChI=1S/C36H52Cl2O8/c1-8-9-10-11-12-41-26-19-45-32-15-28(35(2,3)4)24(17-37)13-30(32)43-21-27(42-23-34(39)40)22-44-31-14-25(18-38)29(36(5,6)7)16-33(31)46-20-26/h13-16,26-27H,8-12,17-23H2,1-7H3,(H,39,40). The van der Waals surface area contributed by atoms with Crippen molar-refractivity contribution < 1.29 is 38.3 Å². The summed E-state index contributed by atoms with van der Waals surface area (Å²) in [6.45, 7) is 15.4. The van der Waals surface area contributed by atoms with Crippen LogP contribution in [-0.2, 0) is 36.9 Å². The van der Waals surface area contributed by atoms with Crippen LogP contribution in [0.3, 0.4) is 0 Å². The normalized spacial score (nSPS) is 17.8. The second kappa shape index (κ2) is 17.7. The van der Waals surface area contributed by atoms with Gasteiger partial charge in [-0.3, -0.25) is 0 Å². The summed E-state index contributed by atoms with van der Waals surface area (Å²) in [5, 5.41) is 9.33. The molecule has 1 aliphatic rings. The number of fused-ring (bicyclic) bond motifs is 2. The molecule has 0 aliphatic carbocycles. The third-order valence-corrected chi connectivity index (χ3v) is 8.31. The van der Waals surface area contributed by atoms with E-state index in [1.807, 2.05) is 24.3 Å². The van der Waals surface area contributed by atoms with Crippen molar-refractivity contribution in [3.8, 4) is 23.0 Å². The number of hydrogen-bond donors (Lipinski definition) is 1. The van der Waals surface area contributed by atoms with Crippen LogP contribution >= 0.6 is 23.2 Å². The first-order valence-electron chi connectivity index (χ1n) is 16.2. The first-order chi connectivity index (χ1) is 21.8. The van der Waals surface area contributed by atoms with Gasteiger partial charge in [0.2, 0.25) is 0 Å². The lowest BCUT2D eigenvalue weighted by Crippen LogP contribution is -2.32. The van der Waals surface area contributed by atoms with Gasteiger partial charge < -0.3 is 33.5 Å². The van der Waals surface area contributed by atoms with Gasteiger partial charge in [-0.05, 0) is 63.8 Å². The van der Waals surface area contributed by atoms with Gasteiger partial charge in [-0.25, -0.2) is 4.79 Å². The summed E-state index contributed by atoms with van der Waals surface area (Å²) in [5.41, 5.74) is 3.52. The molecule has 1 aliphatic heterocycles. The molecule has 1 N–H and O–H groups in total. The van der Waals surface area contributed by atoms with Crippen molar-refractivity contribution in [1.82, 2.24) is 0 Å². The molecule has 258 valence electrons. The van der Waals surface area contributed by atoms with E-state index in [0.29, 0.717) is 41.4 Å². The number of alkyl halides is 2. The largest absolute Gasteiger partial charge is 0.487 e. The highest BCUT2D eigenvalue weighted by atomic mass is 35.5. The van der Waals surface area contributed by atoms with Crippen LogP contribution in [0.4, 0.5) is 0 Å². The van der Waals surface area contributed by atoms with E-state index in [2.05, 4.69) is 48.5 Å². The summed E-state index contributed by atoms with van der Waals surface area (Å²) >= 11 is 12.8. The second-order valence-corrected chi connectivity index (χ2v) is 14.3. The molecule has 1 heterocycles. The van der Waals surface area contributed by atoms with Gasteiger partial charge in [-0.2, -0.15) is 0 Å². The summed E-state index contributed by atoms with van der Waals surface area (Å²) in [4.78, 5) is 11.4. The zero-order valence-corrected chi connectivity index (χ0v) is 30.0. The lowest BCUT2D eigenvalue weighted by atomic mass is 9.84. The predicted molar refractivity (Wildman–Crippen MR) is 183 cm³/mol. The molecule has 0 unspecified atom stereocenters. The lowest BCUT2D eigenvalue weighted by molar-refractivity contribution is -0.145. The van der Waals surface area contributed by atoms with Crippen molar-refractivity contribution in [2.75, 3.05) is 39.6 Å². The van der Waals surface area contributed by atoms with Crippen LogP contribution in [0.25, 0.3) is 0 Å². The smallest absolute Gasteiger partial charge is 0.329 e. The predicted octanol–water partition coefficient (Wildman–Crippen LogP) is 8.42. The highest BCUT2D eigenvalue weighted by molar-refractivity contribution is 6.17. The van der Waals surface area contributed by atoms with Crippen molar-refractivity contribution in [2.45, 2.75) is 109 Å². The first kappa shape index (κ1) is 38.1. The number of aliphatic carboxylic acids is 1. The van der Waals surface area contributed by atoms with Crippen molar-refractivity contribution >= 4 is 29.2 Å². The SMILES string of the molecule is CCCCCCOC1COc2cc(C(C)(C)C)c(CCl)cc2OCC(OCC(=O)O)COc2cc(CCl)c(C(C)(C)C)cc2OC1. The molecule has 2 aromatic rings. The Bertz CT molecular complexity index is 1190. The highest BCUT2D eigenvalue weighted by Crippen LogP contribution is 2.39. The molecule has 10 heteroatoms. The quantitative estimate of drug-likeness (QED) is 0.187. The Morgan fingerprint density at radius 2 is 1.13 bits per heavy atom. The summed E-state index contributed by atoms with van der Waals surface area (Å²) in [6, 6.07) is 7.72. The maximum atomic E-state index is 11.4. The molecule has 0 aromatic heterocycles. The fraction of sp³-hybridized carbons (Fsp3) is 0.639. The fourth-order valence-electron chi connectivity index (χ4n) is 5.26. The number of carboxylic acid groups (broad SMARTS) is 1. The van der Waals surface area contributed by atoms with Crippen LogP contribution in [0.15, 0.2) is 24.3 Å². The number of carboxylic acids is 1. The van der Waals surface area contributed by atoms with Gasteiger partial charge in [-0.1, -0.05) is 67.7 Å². The van der Waals surface area contributed by atoms with E-state index >= 15 is 0 Å². The molecular formula is C36H52Cl2O8. The molecule has 0 bridgehead atoms. The van der Waals surface area contributed by atoms with E-state index < -0.39 is 18.7 Å². The van der Waals surface area contributed by atoms with Crippen molar-refractivity contribution in [2.24, 2.45) is 0 Å². The topological polar surface area (TPSA) is 92.7 Å². The minimum Gasteiger partial charge on any atom is -0.487 e. The molecule has 0 fully saturated rings. The zero-order valence-electron chi connectivity index (χ0n) is 28.5. The molecule has 0 saturated carbocycles. The Hall–Kier alpha value is -2.39. The molecule has 8 nitrogen and oxygen atoms in total.